The minimum absolute atomic E-state index is 0.161. The Morgan fingerprint density at radius 1 is 1.04 bits per heavy atom. The number of rotatable bonds is 6. The number of methoxy groups -OCH3 is 1. The minimum Gasteiger partial charge on any atom is -0.484 e. The molecule has 0 saturated carbocycles. The summed E-state index contributed by atoms with van der Waals surface area (Å²) in [6, 6.07) is 12.1. The lowest BCUT2D eigenvalue weighted by Gasteiger charge is -2.08. The molecule has 0 unspecified atom stereocenters. The van der Waals surface area contributed by atoms with Crippen molar-refractivity contribution in [2.75, 3.05) is 13.7 Å². The summed E-state index contributed by atoms with van der Waals surface area (Å²) >= 11 is 0. The van der Waals surface area contributed by atoms with Crippen LogP contribution in [0.4, 0.5) is 4.39 Å². The Morgan fingerprint density at radius 2 is 1.70 bits per heavy atom. The second kappa shape index (κ2) is 7.93. The Kier molecular flexibility index (Phi) is 5.68. The Morgan fingerprint density at radius 3 is 2.30 bits per heavy atom. The first-order chi connectivity index (χ1) is 11.1. The monoisotopic (exact) mass is 317 g/mol. The SMILES string of the molecule is COC(=O)c1ccc(CNC(=O)COc2ccc(F)cc2)cc1. The molecule has 0 saturated heterocycles. The molecule has 0 fully saturated rings. The van der Waals surface area contributed by atoms with Gasteiger partial charge in [0.15, 0.2) is 6.61 Å². The first kappa shape index (κ1) is 16.5. The Bertz CT molecular complexity index is 668. The van der Waals surface area contributed by atoms with Crippen molar-refractivity contribution < 1.29 is 23.5 Å². The summed E-state index contributed by atoms with van der Waals surface area (Å²) in [4.78, 5) is 23.0. The molecule has 6 heteroatoms. The summed E-state index contributed by atoms with van der Waals surface area (Å²) < 4.78 is 22.6. The molecule has 0 aliphatic carbocycles. The van der Waals surface area contributed by atoms with Gasteiger partial charge in [0, 0.05) is 6.54 Å². The summed E-state index contributed by atoms with van der Waals surface area (Å²) in [5.74, 6) is -0.652. The van der Waals surface area contributed by atoms with E-state index in [0.717, 1.165) is 5.56 Å². The zero-order valence-electron chi connectivity index (χ0n) is 12.5. The molecule has 2 rings (SSSR count). The van der Waals surface area contributed by atoms with E-state index in [1.165, 1.54) is 31.4 Å². The molecule has 0 spiro atoms. The molecular weight excluding hydrogens is 301 g/mol. The molecule has 0 aliphatic heterocycles. The fourth-order valence-electron chi connectivity index (χ4n) is 1.81. The first-order valence-corrected chi connectivity index (χ1v) is 6.91. The van der Waals surface area contributed by atoms with E-state index in [0.29, 0.717) is 17.9 Å². The summed E-state index contributed by atoms with van der Waals surface area (Å²) in [7, 11) is 1.32. The van der Waals surface area contributed by atoms with Crippen molar-refractivity contribution in [1.29, 1.82) is 0 Å². The van der Waals surface area contributed by atoms with Crippen LogP contribution in [-0.4, -0.2) is 25.6 Å². The maximum absolute atomic E-state index is 12.7. The Balaban J connectivity index is 1.77. The largest absolute Gasteiger partial charge is 0.484 e. The topological polar surface area (TPSA) is 64.6 Å². The van der Waals surface area contributed by atoms with Gasteiger partial charge in [-0.3, -0.25) is 4.79 Å². The van der Waals surface area contributed by atoms with Crippen LogP contribution < -0.4 is 10.1 Å². The zero-order chi connectivity index (χ0) is 16.7. The van der Waals surface area contributed by atoms with E-state index in [9.17, 15) is 14.0 Å². The Labute approximate surface area is 133 Å². The fraction of sp³-hybridized carbons (Fsp3) is 0.176. The van der Waals surface area contributed by atoms with Gasteiger partial charge in [0.2, 0.25) is 0 Å². The third kappa shape index (κ3) is 5.10. The van der Waals surface area contributed by atoms with Crippen molar-refractivity contribution in [1.82, 2.24) is 5.32 Å². The minimum atomic E-state index is -0.409. The summed E-state index contributed by atoms with van der Waals surface area (Å²) in [6.07, 6.45) is 0. The van der Waals surface area contributed by atoms with Crippen LogP contribution in [0.15, 0.2) is 48.5 Å². The number of hydrogen-bond acceptors (Lipinski definition) is 4. The number of benzene rings is 2. The molecule has 0 radical (unpaired) electrons. The first-order valence-electron chi connectivity index (χ1n) is 6.91. The average Bonchev–Trinajstić information content (AvgIpc) is 2.59. The molecule has 2 aromatic rings. The van der Waals surface area contributed by atoms with E-state index in [2.05, 4.69) is 10.1 Å². The van der Waals surface area contributed by atoms with Gasteiger partial charge < -0.3 is 14.8 Å². The summed E-state index contributed by atoms with van der Waals surface area (Å²) in [5.41, 5.74) is 1.29. The smallest absolute Gasteiger partial charge is 0.337 e. The van der Waals surface area contributed by atoms with Gasteiger partial charge in [0.1, 0.15) is 11.6 Å². The van der Waals surface area contributed by atoms with E-state index < -0.39 is 5.97 Å². The predicted octanol–water partition coefficient (Wildman–Crippen LogP) is 2.31. The van der Waals surface area contributed by atoms with Gasteiger partial charge in [0.25, 0.3) is 5.91 Å². The van der Waals surface area contributed by atoms with Crippen LogP contribution in [0.5, 0.6) is 5.75 Å². The molecule has 120 valence electrons. The molecular formula is C17H16FNO4. The second-order valence-electron chi connectivity index (χ2n) is 4.71. The van der Waals surface area contributed by atoms with Crippen molar-refractivity contribution in [3.8, 4) is 5.75 Å². The number of carbonyl (C=O) groups is 2. The second-order valence-corrected chi connectivity index (χ2v) is 4.71. The van der Waals surface area contributed by atoms with Crippen LogP contribution in [0.2, 0.25) is 0 Å². The van der Waals surface area contributed by atoms with Crippen molar-refractivity contribution in [2.24, 2.45) is 0 Å². The Hall–Kier alpha value is -2.89. The molecule has 1 N–H and O–H groups in total. The van der Waals surface area contributed by atoms with E-state index in [1.807, 2.05) is 0 Å². The lowest BCUT2D eigenvalue weighted by atomic mass is 10.1. The summed E-state index contributed by atoms with van der Waals surface area (Å²) in [6.45, 7) is 0.152. The van der Waals surface area contributed by atoms with Crippen molar-refractivity contribution in [3.05, 3.63) is 65.5 Å². The van der Waals surface area contributed by atoms with E-state index in [-0.39, 0.29) is 18.3 Å². The molecule has 0 aromatic heterocycles. The van der Waals surface area contributed by atoms with Gasteiger partial charge in [-0.1, -0.05) is 12.1 Å². The van der Waals surface area contributed by atoms with Crippen LogP contribution >= 0.6 is 0 Å². The molecule has 23 heavy (non-hydrogen) atoms. The van der Waals surface area contributed by atoms with E-state index >= 15 is 0 Å². The number of halogens is 1. The highest BCUT2D eigenvalue weighted by Gasteiger charge is 2.06. The molecule has 0 aliphatic rings. The average molecular weight is 317 g/mol. The molecule has 2 aromatic carbocycles. The number of esters is 1. The number of carbonyl (C=O) groups excluding carboxylic acids is 2. The molecule has 0 heterocycles. The highest BCUT2D eigenvalue weighted by atomic mass is 19.1. The highest BCUT2D eigenvalue weighted by molar-refractivity contribution is 5.89. The van der Waals surface area contributed by atoms with Crippen LogP contribution in [0, 0.1) is 5.82 Å². The van der Waals surface area contributed by atoms with Gasteiger partial charge in [-0.05, 0) is 42.0 Å². The number of amides is 1. The quantitative estimate of drug-likeness (QED) is 0.830. The van der Waals surface area contributed by atoms with Crippen LogP contribution in [0.1, 0.15) is 15.9 Å². The van der Waals surface area contributed by atoms with Crippen molar-refractivity contribution in [3.63, 3.8) is 0 Å². The van der Waals surface area contributed by atoms with Gasteiger partial charge in [0.05, 0.1) is 12.7 Å². The number of ether oxygens (including phenoxy) is 2. The van der Waals surface area contributed by atoms with Crippen LogP contribution in [-0.2, 0) is 16.1 Å². The fourth-order valence-corrected chi connectivity index (χ4v) is 1.81. The van der Waals surface area contributed by atoms with Gasteiger partial charge in [-0.25, -0.2) is 9.18 Å². The number of nitrogens with one attached hydrogen (secondary N) is 1. The third-order valence-corrected chi connectivity index (χ3v) is 3.05. The summed E-state index contributed by atoms with van der Waals surface area (Å²) in [5, 5.41) is 2.69. The number of hydrogen-bond donors (Lipinski definition) is 1. The maximum atomic E-state index is 12.7. The van der Waals surface area contributed by atoms with Crippen LogP contribution in [0.3, 0.4) is 0 Å². The van der Waals surface area contributed by atoms with E-state index in [4.69, 9.17) is 4.74 Å². The van der Waals surface area contributed by atoms with Gasteiger partial charge >= 0.3 is 5.97 Å². The lowest BCUT2D eigenvalue weighted by Crippen LogP contribution is -2.28. The zero-order valence-corrected chi connectivity index (χ0v) is 12.5. The molecule has 5 nitrogen and oxygen atoms in total. The molecule has 0 atom stereocenters. The van der Waals surface area contributed by atoms with E-state index in [1.54, 1.807) is 24.3 Å². The van der Waals surface area contributed by atoms with Crippen molar-refractivity contribution >= 4 is 11.9 Å². The highest BCUT2D eigenvalue weighted by Crippen LogP contribution is 2.10. The maximum Gasteiger partial charge on any atom is 0.337 e. The van der Waals surface area contributed by atoms with Gasteiger partial charge in [-0.15, -0.1) is 0 Å². The van der Waals surface area contributed by atoms with Gasteiger partial charge in [-0.2, -0.15) is 0 Å². The molecule has 0 bridgehead atoms. The third-order valence-electron chi connectivity index (χ3n) is 3.05. The van der Waals surface area contributed by atoms with Crippen LogP contribution in [0.25, 0.3) is 0 Å². The lowest BCUT2D eigenvalue weighted by molar-refractivity contribution is -0.123. The standard InChI is InChI=1S/C17H16FNO4/c1-22-17(21)13-4-2-12(3-5-13)10-19-16(20)11-23-15-8-6-14(18)7-9-15/h2-9H,10-11H2,1H3,(H,19,20). The predicted molar refractivity (Wildman–Crippen MR) is 81.5 cm³/mol. The van der Waals surface area contributed by atoms with Crippen molar-refractivity contribution in [2.45, 2.75) is 6.54 Å². The molecule has 1 amide bonds. The normalized spacial score (nSPS) is 10.0.